The summed E-state index contributed by atoms with van der Waals surface area (Å²) >= 11 is 11.8. The van der Waals surface area contributed by atoms with Crippen molar-refractivity contribution in [1.82, 2.24) is 19.9 Å². The summed E-state index contributed by atoms with van der Waals surface area (Å²) in [5, 5.41) is 10.0. The zero-order valence-corrected chi connectivity index (χ0v) is 28.5. The Labute approximate surface area is 296 Å². The first-order valence-corrected chi connectivity index (χ1v) is 15.9. The van der Waals surface area contributed by atoms with E-state index in [9.17, 15) is 9.59 Å². The molecule has 2 unspecified atom stereocenters. The van der Waals surface area contributed by atoms with Crippen LogP contribution in [-0.4, -0.2) is 55.8 Å². The minimum Gasteiger partial charge on any atom is -0.479 e. The molecule has 256 valence electrons. The zero-order valence-electron chi connectivity index (χ0n) is 26.9. The third kappa shape index (κ3) is 9.91. The highest BCUT2D eigenvalue weighted by Gasteiger charge is 2.16. The molecule has 0 radical (unpaired) electrons. The standard InChI is InChI=1S/C19H17ClN2O4.C17H13ClN2O4/c1-3-24-19(23)12(2)25-14-5-7-15(8-6-14)26-18-11-21-17-10-13(20)4-9-16(17)22-18;1-10(17(21)22)23-12-3-5-13(6-4-12)24-16-9-19-15-8-11(18)2-7-14(15)20-16/h4-12H,3H2,1-2H3;2-10H,1H3,(H,21,22). The molecule has 50 heavy (non-hydrogen) atoms. The number of hydrogen-bond acceptors (Lipinski definition) is 11. The van der Waals surface area contributed by atoms with Crippen molar-refractivity contribution in [3.05, 3.63) is 107 Å². The molecule has 1 N–H and O–H groups in total. The van der Waals surface area contributed by atoms with Crippen molar-refractivity contribution in [2.45, 2.75) is 33.0 Å². The van der Waals surface area contributed by atoms with E-state index in [1.54, 1.807) is 98.8 Å². The van der Waals surface area contributed by atoms with E-state index < -0.39 is 24.1 Å². The molecule has 2 aromatic heterocycles. The average Bonchev–Trinajstić information content (AvgIpc) is 3.10. The fourth-order valence-corrected chi connectivity index (χ4v) is 4.55. The first kappa shape index (κ1) is 35.6. The number of halogens is 2. The van der Waals surface area contributed by atoms with Crippen LogP contribution in [-0.2, 0) is 14.3 Å². The normalized spacial score (nSPS) is 11.9. The summed E-state index contributed by atoms with van der Waals surface area (Å²) < 4.78 is 27.0. The van der Waals surface area contributed by atoms with E-state index in [1.807, 2.05) is 0 Å². The van der Waals surface area contributed by atoms with E-state index in [0.29, 0.717) is 73.5 Å². The third-order valence-electron chi connectivity index (χ3n) is 6.65. The molecule has 0 aliphatic rings. The molecule has 2 heterocycles. The topological polar surface area (TPSA) is 152 Å². The average molecular weight is 718 g/mol. The van der Waals surface area contributed by atoms with Gasteiger partial charge >= 0.3 is 11.9 Å². The quantitative estimate of drug-likeness (QED) is 0.128. The monoisotopic (exact) mass is 716 g/mol. The van der Waals surface area contributed by atoms with Crippen LogP contribution < -0.4 is 18.9 Å². The largest absolute Gasteiger partial charge is 0.479 e. The lowest BCUT2D eigenvalue weighted by Crippen LogP contribution is -2.25. The van der Waals surface area contributed by atoms with Gasteiger partial charge < -0.3 is 28.8 Å². The molecular weight excluding hydrogens is 687 g/mol. The summed E-state index contributed by atoms with van der Waals surface area (Å²) in [7, 11) is 0. The lowest BCUT2D eigenvalue weighted by Gasteiger charge is -2.13. The van der Waals surface area contributed by atoms with Crippen LogP contribution in [0.1, 0.15) is 20.8 Å². The van der Waals surface area contributed by atoms with Gasteiger partial charge in [0.1, 0.15) is 23.0 Å². The van der Waals surface area contributed by atoms with Crippen molar-refractivity contribution in [3.63, 3.8) is 0 Å². The van der Waals surface area contributed by atoms with E-state index in [2.05, 4.69) is 19.9 Å². The summed E-state index contributed by atoms with van der Waals surface area (Å²) in [6.45, 7) is 5.17. The smallest absolute Gasteiger partial charge is 0.347 e. The molecular formula is C36H30Cl2N4O8. The van der Waals surface area contributed by atoms with E-state index in [1.165, 1.54) is 19.3 Å². The van der Waals surface area contributed by atoms with Gasteiger partial charge in [0, 0.05) is 10.0 Å². The summed E-state index contributed by atoms with van der Waals surface area (Å²) in [6.07, 6.45) is 1.44. The number of carbonyl (C=O) groups excluding carboxylic acids is 1. The Morgan fingerprint density at radius 2 is 1.06 bits per heavy atom. The number of fused-ring (bicyclic) bond motifs is 2. The fourth-order valence-electron chi connectivity index (χ4n) is 4.21. The first-order valence-electron chi connectivity index (χ1n) is 15.2. The van der Waals surface area contributed by atoms with Crippen LogP contribution in [0.5, 0.6) is 34.8 Å². The lowest BCUT2D eigenvalue weighted by atomic mass is 10.3. The molecule has 4 aromatic carbocycles. The number of carboxylic acids is 1. The molecule has 0 spiro atoms. The molecule has 0 amide bonds. The molecule has 0 fully saturated rings. The van der Waals surface area contributed by atoms with Crippen molar-refractivity contribution >= 4 is 57.2 Å². The number of aromatic nitrogens is 4. The Kier molecular flexibility index (Phi) is 11.8. The predicted octanol–water partition coefficient (Wildman–Crippen LogP) is 8.33. The van der Waals surface area contributed by atoms with Gasteiger partial charge in [-0.25, -0.2) is 29.5 Å². The molecule has 0 aliphatic carbocycles. The van der Waals surface area contributed by atoms with E-state index in [-0.39, 0.29) is 0 Å². The maximum Gasteiger partial charge on any atom is 0.347 e. The molecule has 0 bridgehead atoms. The molecule has 0 saturated heterocycles. The number of rotatable bonds is 11. The van der Waals surface area contributed by atoms with E-state index in [0.717, 1.165) is 0 Å². The van der Waals surface area contributed by atoms with Gasteiger partial charge in [0.05, 0.1) is 41.1 Å². The maximum atomic E-state index is 11.6. The van der Waals surface area contributed by atoms with Gasteiger partial charge in [0.15, 0.2) is 12.2 Å². The van der Waals surface area contributed by atoms with Gasteiger partial charge in [-0.05, 0) is 106 Å². The van der Waals surface area contributed by atoms with E-state index in [4.69, 9.17) is 52.0 Å². The Morgan fingerprint density at radius 3 is 1.48 bits per heavy atom. The van der Waals surface area contributed by atoms with Crippen LogP contribution in [0.3, 0.4) is 0 Å². The van der Waals surface area contributed by atoms with Crippen LogP contribution in [0.4, 0.5) is 0 Å². The summed E-state index contributed by atoms with van der Waals surface area (Å²) in [5.74, 6) is 1.37. The Morgan fingerprint density at radius 1 is 0.640 bits per heavy atom. The van der Waals surface area contributed by atoms with Crippen LogP contribution in [0.25, 0.3) is 22.1 Å². The molecule has 6 aromatic rings. The Hall–Kier alpha value is -5.72. The molecule has 0 aliphatic heterocycles. The Bertz CT molecular complexity index is 2100. The van der Waals surface area contributed by atoms with E-state index >= 15 is 0 Å². The highest BCUT2D eigenvalue weighted by molar-refractivity contribution is 6.31. The van der Waals surface area contributed by atoms with Crippen molar-refractivity contribution < 1.29 is 38.4 Å². The van der Waals surface area contributed by atoms with Gasteiger partial charge in [-0.2, -0.15) is 0 Å². The summed E-state index contributed by atoms with van der Waals surface area (Å²) in [4.78, 5) is 39.6. The molecule has 12 nitrogen and oxygen atoms in total. The van der Waals surface area contributed by atoms with Gasteiger partial charge in [0.25, 0.3) is 0 Å². The number of benzene rings is 4. The van der Waals surface area contributed by atoms with Crippen molar-refractivity contribution in [2.24, 2.45) is 0 Å². The van der Waals surface area contributed by atoms with Gasteiger partial charge in [-0.15, -0.1) is 0 Å². The third-order valence-corrected chi connectivity index (χ3v) is 7.12. The predicted molar refractivity (Wildman–Crippen MR) is 187 cm³/mol. The van der Waals surface area contributed by atoms with Gasteiger partial charge in [-0.1, -0.05) is 23.2 Å². The van der Waals surface area contributed by atoms with Crippen molar-refractivity contribution in [1.29, 1.82) is 0 Å². The van der Waals surface area contributed by atoms with Crippen LogP contribution >= 0.6 is 23.2 Å². The van der Waals surface area contributed by atoms with Crippen molar-refractivity contribution in [2.75, 3.05) is 6.61 Å². The van der Waals surface area contributed by atoms with Gasteiger partial charge in [0.2, 0.25) is 11.8 Å². The van der Waals surface area contributed by atoms with Gasteiger partial charge in [-0.3, -0.25) is 0 Å². The number of nitrogens with zero attached hydrogens (tertiary/aromatic N) is 4. The number of aliphatic carboxylic acids is 1. The van der Waals surface area contributed by atoms with Crippen molar-refractivity contribution in [3.8, 4) is 34.8 Å². The first-order chi connectivity index (χ1) is 24.1. The summed E-state index contributed by atoms with van der Waals surface area (Å²) in [6, 6.07) is 23.9. The molecule has 2 atom stereocenters. The molecule has 6 rings (SSSR count). The Balaban J connectivity index is 0.000000195. The number of esters is 1. The second kappa shape index (κ2) is 16.6. The fraction of sp³-hybridized carbons (Fsp3) is 0.167. The van der Waals surface area contributed by atoms with Crippen LogP contribution in [0.2, 0.25) is 10.0 Å². The number of carbonyl (C=O) groups is 2. The van der Waals surface area contributed by atoms with Crippen LogP contribution in [0.15, 0.2) is 97.3 Å². The second-order valence-electron chi connectivity index (χ2n) is 10.4. The molecule has 0 saturated carbocycles. The maximum absolute atomic E-state index is 11.6. The van der Waals surface area contributed by atoms with Crippen LogP contribution in [0, 0.1) is 0 Å². The second-order valence-corrected chi connectivity index (χ2v) is 11.3. The summed E-state index contributed by atoms with van der Waals surface area (Å²) in [5.41, 5.74) is 2.74. The zero-order chi connectivity index (χ0) is 35.6. The number of carboxylic acid groups (broad SMARTS) is 1. The minimum atomic E-state index is -1.03. The SMILES string of the molecule is CC(Oc1ccc(Oc2cnc3cc(Cl)ccc3n2)cc1)C(=O)O.CCOC(=O)C(C)Oc1ccc(Oc2cnc3cc(Cl)ccc3n2)cc1. The highest BCUT2D eigenvalue weighted by Crippen LogP contribution is 2.26. The molecule has 14 heteroatoms. The number of ether oxygens (including phenoxy) is 5. The number of hydrogen-bond donors (Lipinski definition) is 1. The highest BCUT2D eigenvalue weighted by atomic mass is 35.5. The lowest BCUT2D eigenvalue weighted by molar-refractivity contribution is -0.150. The minimum absolute atomic E-state index is 0.318.